The van der Waals surface area contributed by atoms with Crippen LogP contribution in [0.5, 0.6) is 0 Å². The molecule has 3 nitrogen and oxygen atoms in total. The Hall–Kier alpha value is -1.09. The second-order valence-electron chi connectivity index (χ2n) is 7.63. The van der Waals surface area contributed by atoms with Crippen molar-refractivity contribution in [3.63, 3.8) is 0 Å². The molecule has 1 N–H and O–H groups in total. The topological polar surface area (TPSA) is 42.0 Å². The first-order chi connectivity index (χ1) is 9.74. The van der Waals surface area contributed by atoms with E-state index < -0.39 is 0 Å². The highest BCUT2D eigenvalue weighted by Gasteiger charge is 2.59. The number of fused-ring (bicyclic) bond motifs is 2. The summed E-state index contributed by atoms with van der Waals surface area (Å²) in [6, 6.07) is 1.94. The van der Waals surface area contributed by atoms with E-state index in [9.17, 15) is 4.79 Å². The minimum Gasteiger partial charge on any atom is -0.348 e. The number of amides is 1. The van der Waals surface area contributed by atoms with Crippen molar-refractivity contribution in [2.45, 2.75) is 53.0 Å². The maximum absolute atomic E-state index is 12.6. The maximum Gasteiger partial charge on any atom is 0.254 e. The van der Waals surface area contributed by atoms with Gasteiger partial charge in [0.05, 0.1) is 10.6 Å². The molecule has 2 aliphatic rings. The third-order valence-electron chi connectivity index (χ3n) is 5.78. The van der Waals surface area contributed by atoms with Crippen LogP contribution in [0.4, 0.5) is 0 Å². The minimum absolute atomic E-state index is 0.0978. The van der Waals surface area contributed by atoms with Gasteiger partial charge in [-0.1, -0.05) is 32.4 Å². The fourth-order valence-corrected chi connectivity index (χ4v) is 4.86. The molecule has 3 rings (SSSR count). The molecule has 1 aromatic heterocycles. The van der Waals surface area contributed by atoms with Crippen molar-refractivity contribution >= 4 is 17.5 Å². The van der Waals surface area contributed by atoms with Crippen LogP contribution in [0.25, 0.3) is 0 Å². The van der Waals surface area contributed by atoms with Gasteiger partial charge < -0.3 is 5.32 Å². The molecule has 3 atom stereocenters. The first-order valence-electron chi connectivity index (χ1n) is 7.67. The van der Waals surface area contributed by atoms with E-state index in [-0.39, 0.29) is 22.8 Å². The Kier molecular flexibility index (Phi) is 3.32. The van der Waals surface area contributed by atoms with Gasteiger partial charge in [-0.05, 0) is 49.0 Å². The average molecular weight is 307 g/mol. The number of pyridine rings is 1. The first-order valence-corrected chi connectivity index (χ1v) is 8.05. The van der Waals surface area contributed by atoms with E-state index in [2.05, 4.69) is 31.1 Å². The third kappa shape index (κ3) is 2.26. The van der Waals surface area contributed by atoms with Gasteiger partial charge in [-0.2, -0.15) is 0 Å². The minimum atomic E-state index is -0.0978. The molecule has 114 valence electrons. The van der Waals surface area contributed by atoms with Crippen LogP contribution in [0.3, 0.4) is 0 Å². The van der Waals surface area contributed by atoms with Crippen LogP contribution >= 0.6 is 11.6 Å². The Morgan fingerprint density at radius 3 is 2.71 bits per heavy atom. The Bertz CT molecular complexity index is 594. The predicted octanol–water partition coefficient (Wildman–Crippen LogP) is 3.99. The largest absolute Gasteiger partial charge is 0.348 e. The van der Waals surface area contributed by atoms with Crippen LogP contribution < -0.4 is 5.32 Å². The van der Waals surface area contributed by atoms with Crippen molar-refractivity contribution in [3.8, 4) is 0 Å². The Balaban J connectivity index is 1.85. The van der Waals surface area contributed by atoms with Gasteiger partial charge in [-0.3, -0.25) is 9.78 Å². The molecule has 0 radical (unpaired) electrons. The number of aryl methyl sites for hydroxylation is 1. The molecule has 0 saturated heterocycles. The summed E-state index contributed by atoms with van der Waals surface area (Å²) >= 11 is 6.19. The van der Waals surface area contributed by atoms with Crippen LogP contribution in [0.2, 0.25) is 5.02 Å². The summed E-state index contributed by atoms with van der Waals surface area (Å²) in [4.78, 5) is 16.8. The van der Waals surface area contributed by atoms with Crippen molar-refractivity contribution in [1.29, 1.82) is 0 Å². The number of aromatic nitrogens is 1. The molecule has 2 fully saturated rings. The van der Waals surface area contributed by atoms with Gasteiger partial charge in [0.2, 0.25) is 0 Å². The summed E-state index contributed by atoms with van der Waals surface area (Å²) in [7, 11) is 0. The second kappa shape index (κ2) is 4.70. The zero-order valence-corrected chi connectivity index (χ0v) is 13.9. The van der Waals surface area contributed by atoms with Crippen LogP contribution in [0, 0.1) is 23.7 Å². The lowest BCUT2D eigenvalue weighted by molar-refractivity contribution is 0.0737. The summed E-state index contributed by atoms with van der Waals surface area (Å²) in [6.07, 6.45) is 5.27. The normalized spacial score (nSPS) is 33.2. The molecule has 2 aliphatic carbocycles. The molecule has 0 aliphatic heterocycles. The molecular formula is C17H23ClN2O. The van der Waals surface area contributed by atoms with Gasteiger partial charge in [-0.15, -0.1) is 0 Å². The van der Waals surface area contributed by atoms with Crippen LogP contribution in [-0.2, 0) is 0 Å². The lowest BCUT2D eigenvalue weighted by Crippen LogP contribution is -2.52. The van der Waals surface area contributed by atoms with Crippen LogP contribution in [0.15, 0.2) is 12.3 Å². The molecule has 21 heavy (non-hydrogen) atoms. The lowest BCUT2D eigenvalue weighted by Gasteiger charge is -2.43. The van der Waals surface area contributed by atoms with Gasteiger partial charge in [0.25, 0.3) is 5.91 Å². The first kappa shape index (κ1) is 14.8. The van der Waals surface area contributed by atoms with E-state index >= 15 is 0 Å². The quantitative estimate of drug-likeness (QED) is 0.897. The van der Waals surface area contributed by atoms with E-state index in [0.717, 1.165) is 5.69 Å². The molecule has 0 aromatic carbocycles. The third-order valence-corrected chi connectivity index (χ3v) is 6.09. The summed E-state index contributed by atoms with van der Waals surface area (Å²) in [6.45, 7) is 8.74. The molecule has 1 amide bonds. The van der Waals surface area contributed by atoms with E-state index in [1.165, 1.54) is 19.3 Å². The Morgan fingerprint density at radius 2 is 2.14 bits per heavy atom. The van der Waals surface area contributed by atoms with E-state index in [4.69, 9.17) is 11.6 Å². The summed E-state index contributed by atoms with van der Waals surface area (Å²) < 4.78 is 0. The SMILES string of the molecule is Cc1cc(Cl)c(C(=O)NC2C3(C)CCC(C3)C2(C)C)cn1. The monoisotopic (exact) mass is 306 g/mol. The summed E-state index contributed by atoms with van der Waals surface area (Å²) in [5.41, 5.74) is 1.66. The molecule has 2 saturated carbocycles. The maximum atomic E-state index is 12.6. The van der Waals surface area contributed by atoms with E-state index in [1.807, 2.05) is 6.92 Å². The highest BCUT2D eigenvalue weighted by molar-refractivity contribution is 6.33. The van der Waals surface area contributed by atoms with Gasteiger partial charge in [-0.25, -0.2) is 0 Å². The molecule has 2 bridgehead atoms. The number of rotatable bonds is 2. The van der Waals surface area contributed by atoms with Gasteiger partial charge >= 0.3 is 0 Å². The van der Waals surface area contributed by atoms with Crippen molar-refractivity contribution in [3.05, 3.63) is 28.5 Å². The van der Waals surface area contributed by atoms with Gasteiger partial charge in [0.15, 0.2) is 0 Å². The molecular weight excluding hydrogens is 284 g/mol. The fraction of sp³-hybridized carbons (Fsp3) is 0.647. The number of carbonyl (C=O) groups is 1. The number of hydrogen-bond acceptors (Lipinski definition) is 2. The van der Waals surface area contributed by atoms with E-state index in [0.29, 0.717) is 16.5 Å². The lowest BCUT2D eigenvalue weighted by atomic mass is 9.68. The second-order valence-corrected chi connectivity index (χ2v) is 8.03. The highest BCUT2D eigenvalue weighted by atomic mass is 35.5. The number of nitrogens with one attached hydrogen (secondary N) is 1. The highest BCUT2D eigenvalue weighted by Crippen LogP contribution is 2.62. The van der Waals surface area contributed by atoms with Crippen molar-refractivity contribution < 1.29 is 4.79 Å². The molecule has 1 aromatic rings. The zero-order chi connectivity index (χ0) is 15.4. The molecule has 1 heterocycles. The summed E-state index contributed by atoms with van der Waals surface area (Å²) in [5, 5.41) is 3.73. The van der Waals surface area contributed by atoms with Crippen molar-refractivity contribution in [1.82, 2.24) is 10.3 Å². The van der Waals surface area contributed by atoms with Crippen molar-refractivity contribution in [2.24, 2.45) is 16.7 Å². The van der Waals surface area contributed by atoms with Crippen LogP contribution in [0.1, 0.15) is 56.1 Å². The van der Waals surface area contributed by atoms with E-state index in [1.54, 1.807) is 12.3 Å². The van der Waals surface area contributed by atoms with Crippen LogP contribution in [-0.4, -0.2) is 16.9 Å². The summed E-state index contributed by atoms with van der Waals surface area (Å²) in [5.74, 6) is 0.610. The number of halogens is 1. The zero-order valence-electron chi connectivity index (χ0n) is 13.2. The number of nitrogens with zero attached hydrogens (tertiary/aromatic N) is 1. The van der Waals surface area contributed by atoms with Gasteiger partial charge in [0.1, 0.15) is 0 Å². The smallest absolute Gasteiger partial charge is 0.254 e. The standard InChI is InChI=1S/C17H23ClN2O/c1-10-7-13(18)12(9-19-10)14(21)20-15-16(2,3)11-5-6-17(15,4)8-11/h7,9,11,15H,5-6,8H2,1-4H3,(H,20,21). The number of carbonyl (C=O) groups excluding carboxylic acids is 1. The molecule has 3 unspecified atom stereocenters. The molecule has 0 spiro atoms. The Morgan fingerprint density at radius 1 is 1.43 bits per heavy atom. The predicted molar refractivity (Wildman–Crippen MR) is 84.5 cm³/mol. The van der Waals surface area contributed by atoms with Crippen molar-refractivity contribution in [2.75, 3.05) is 0 Å². The number of hydrogen-bond donors (Lipinski definition) is 1. The Labute approximate surface area is 131 Å². The van der Waals surface area contributed by atoms with Gasteiger partial charge in [0, 0.05) is 17.9 Å². The fourth-order valence-electron chi connectivity index (χ4n) is 4.56. The molecule has 4 heteroatoms. The average Bonchev–Trinajstić information content (AvgIpc) is 2.85.